The van der Waals surface area contributed by atoms with Crippen molar-refractivity contribution in [1.29, 1.82) is 0 Å². The van der Waals surface area contributed by atoms with Crippen molar-refractivity contribution in [2.75, 3.05) is 7.05 Å². The number of hydrogen-bond acceptors (Lipinski definition) is 2. The van der Waals surface area contributed by atoms with Gasteiger partial charge in [0.15, 0.2) is 0 Å². The van der Waals surface area contributed by atoms with Crippen LogP contribution in [0.2, 0.25) is 0 Å². The van der Waals surface area contributed by atoms with E-state index in [0.29, 0.717) is 24.7 Å². The molecule has 98 valence electrons. The van der Waals surface area contributed by atoms with Crippen LogP contribution in [0.1, 0.15) is 46.5 Å². The van der Waals surface area contributed by atoms with E-state index in [4.69, 9.17) is 0 Å². The van der Waals surface area contributed by atoms with Gasteiger partial charge in [0.25, 0.3) is 0 Å². The SMILES string of the molecule is CC(=O)N(C)C1(C(=O)O)CCCC(C(C)C)C1. The second-order valence-corrected chi connectivity index (χ2v) is 5.52. The molecule has 4 nitrogen and oxygen atoms in total. The van der Waals surface area contributed by atoms with Gasteiger partial charge in [-0.15, -0.1) is 0 Å². The third kappa shape index (κ3) is 2.61. The lowest BCUT2D eigenvalue weighted by molar-refractivity contribution is -0.161. The molecule has 0 aliphatic heterocycles. The van der Waals surface area contributed by atoms with E-state index in [1.54, 1.807) is 7.05 Å². The first kappa shape index (κ1) is 14.0. The lowest BCUT2D eigenvalue weighted by Gasteiger charge is -2.44. The van der Waals surface area contributed by atoms with E-state index in [-0.39, 0.29) is 5.91 Å². The fraction of sp³-hybridized carbons (Fsp3) is 0.846. The van der Waals surface area contributed by atoms with Crippen LogP contribution in [0, 0.1) is 11.8 Å². The first-order chi connectivity index (χ1) is 7.81. The molecule has 2 atom stereocenters. The fourth-order valence-corrected chi connectivity index (χ4v) is 2.81. The van der Waals surface area contributed by atoms with E-state index in [0.717, 1.165) is 12.8 Å². The molecule has 0 heterocycles. The second-order valence-electron chi connectivity index (χ2n) is 5.52. The van der Waals surface area contributed by atoms with Crippen molar-refractivity contribution in [3.05, 3.63) is 0 Å². The average Bonchev–Trinajstić information content (AvgIpc) is 2.27. The van der Waals surface area contributed by atoms with E-state index >= 15 is 0 Å². The number of nitrogens with zero attached hydrogens (tertiary/aromatic N) is 1. The minimum absolute atomic E-state index is 0.170. The topological polar surface area (TPSA) is 57.6 Å². The van der Waals surface area contributed by atoms with Gasteiger partial charge in [-0.1, -0.05) is 20.3 Å². The highest BCUT2D eigenvalue weighted by Gasteiger charge is 2.47. The molecule has 1 amide bonds. The summed E-state index contributed by atoms with van der Waals surface area (Å²) in [6.45, 7) is 5.68. The molecule has 0 aromatic carbocycles. The second kappa shape index (κ2) is 5.07. The van der Waals surface area contributed by atoms with Gasteiger partial charge in [0.1, 0.15) is 5.54 Å². The van der Waals surface area contributed by atoms with Crippen molar-refractivity contribution in [1.82, 2.24) is 4.90 Å². The van der Waals surface area contributed by atoms with Crippen LogP contribution < -0.4 is 0 Å². The monoisotopic (exact) mass is 241 g/mol. The maximum absolute atomic E-state index is 11.6. The van der Waals surface area contributed by atoms with Crippen molar-refractivity contribution < 1.29 is 14.7 Å². The number of hydrogen-bond donors (Lipinski definition) is 1. The summed E-state index contributed by atoms with van der Waals surface area (Å²) in [4.78, 5) is 24.5. The van der Waals surface area contributed by atoms with Crippen molar-refractivity contribution >= 4 is 11.9 Å². The third-order valence-electron chi connectivity index (χ3n) is 4.22. The molecule has 1 rings (SSSR count). The third-order valence-corrected chi connectivity index (χ3v) is 4.22. The van der Waals surface area contributed by atoms with Crippen molar-refractivity contribution in [2.24, 2.45) is 11.8 Å². The summed E-state index contributed by atoms with van der Waals surface area (Å²) in [5.41, 5.74) is -0.987. The molecule has 0 spiro atoms. The minimum atomic E-state index is -0.987. The van der Waals surface area contributed by atoms with E-state index in [9.17, 15) is 14.7 Å². The minimum Gasteiger partial charge on any atom is -0.479 e. The molecule has 0 bridgehead atoms. The van der Waals surface area contributed by atoms with E-state index < -0.39 is 11.5 Å². The summed E-state index contributed by atoms with van der Waals surface area (Å²) in [7, 11) is 1.61. The lowest BCUT2D eigenvalue weighted by Crippen LogP contribution is -2.57. The molecule has 0 radical (unpaired) electrons. The molecule has 1 fully saturated rings. The largest absolute Gasteiger partial charge is 0.479 e. The standard InChI is InChI=1S/C13H23NO3/c1-9(2)11-6-5-7-13(8-11,12(16)17)14(4)10(3)15/h9,11H,5-8H2,1-4H3,(H,16,17). The smallest absolute Gasteiger partial charge is 0.329 e. The zero-order valence-electron chi connectivity index (χ0n) is 11.2. The van der Waals surface area contributed by atoms with Crippen LogP contribution in [0.5, 0.6) is 0 Å². The van der Waals surface area contributed by atoms with Gasteiger partial charge in [-0.3, -0.25) is 4.79 Å². The van der Waals surface area contributed by atoms with Crippen LogP contribution in [0.25, 0.3) is 0 Å². The first-order valence-corrected chi connectivity index (χ1v) is 6.29. The molecule has 17 heavy (non-hydrogen) atoms. The van der Waals surface area contributed by atoms with Crippen LogP contribution in [-0.4, -0.2) is 34.5 Å². The van der Waals surface area contributed by atoms with E-state index in [2.05, 4.69) is 13.8 Å². The first-order valence-electron chi connectivity index (χ1n) is 6.29. The number of carbonyl (C=O) groups is 2. The number of rotatable bonds is 3. The van der Waals surface area contributed by atoms with Gasteiger partial charge in [-0.2, -0.15) is 0 Å². The van der Waals surface area contributed by atoms with E-state index in [1.165, 1.54) is 11.8 Å². The summed E-state index contributed by atoms with van der Waals surface area (Å²) in [5.74, 6) is -0.173. The van der Waals surface area contributed by atoms with Crippen molar-refractivity contribution in [2.45, 2.75) is 52.0 Å². The Kier molecular flexibility index (Phi) is 4.17. The Morgan fingerprint density at radius 3 is 2.41 bits per heavy atom. The number of likely N-dealkylation sites (N-methyl/N-ethyl adjacent to an activating group) is 1. The van der Waals surface area contributed by atoms with Crippen molar-refractivity contribution in [3.8, 4) is 0 Å². The highest BCUT2D eigenvalue weighted by Crippen LogP contribution is 2.39. The van der Waals surface area contributed by atoms with Gasteiger partial charge in [-0.25, -0.2) is 4.79 Å². The summed E-state index contributed by atoms with van der Waals surface area (Å²) < 4.78 is 0. The molecule has 1 aliphatic rings. The fourth-order valence-electron chi connectivity index (χ4n) is 2.81. The lowest BCUT2D eigenvalue weighted by atomic mass is 9.71. The van der Waals surface area contributed by atoms with Crippen LogP contribution in [0.15, 0.2) is 0 Å². The maximum atomic E-state index is 11.6. The number of aliphatic carboxylic acids is 1. The Balaban J connectivity index is 2.99. The number of amides is 1. The van der Waals surface area contributed by atoms with Gasteiger partial charge < -0.3 is 10.0 Å². The van der Waals surface area contributed by atoms with Crippen LogP contribution >= 0.6 is 0 Å². The Labute approximate surface area is 103 Å². The van der Waals surface area contributed by atoms with Gasteiger partial charge in [-0.05, 0) is 31.1 Å². The Morgan fingerprint density at radius 1 is 1.41 bits per heavy atom. The molecule has 1 saturated carbocycles. The Bertz CT molecular complexity index is 314. The molecular weight excluding hydrogens is 218 g/mol. The predicted octanol–water partition coefficient (Wildman–Crippen LogP) is 2.13. The molecule has 1 N–H and O–H groups in total. The molecule has 0 aromatic heterocycles. The van der Waals surface area contributed by atoms with Crippen LogP contribution in [0.4, 0.5) is 0 Å². The Hall–Kier alpha value is -1.06. The number of carbonyl (C=O) groups excluding carboxylic acids is 1. The molecule has 0 aromatic rings. The van der Waals surface area contributed by atoms with Crippen molar-refractivity contribution in [3.63, 3.8) is 0 Å². The Morgan fingerprint density at radius 2 is 2.00 bits per heavy atom. The van der Waals surface area contributed by atoms with Gasteiger partial charge >= 0.3 is 5.97 Å². The number of carboxylic acids is 1. The zero-order chi connectivity index (χ0) is 13.2. The highest BCUT2D eigenvalue weighted by atomic mass is 16.4. The molecular formula is C13H23NO3. The predicted molar refractivity (Wildman–Crippen MR) is 65.6 cm³/mol. The number of carboxylic acid groups (broad SMARTS) is 1. The maximum Gasteiger partial charge on any atom is 0.329 e. The highest BCUT2D eigenvalue weighted by molar-refractivity contribution is 5.86. The van der Waals surface area contributed by atoms with Gasteiger partial charge in [0.2, 0.25) is 5.91 Å². The van der Waals surface area contributed by atoms with E-state index in [1.807, 2.05) is 0 Å². The summed E-state index contributed by atoms with van der Waals surface area (Å²) in [5, 5.41) is 9.51. The molecule has 2 unspecified atom stereocenters. The van der Waals surface area contributed by atoms with Gasteiger partial charge in [0.05, 0.1) is 0 Å². The molecule has 4 heteroatoms. The quantitative estimate of drug-likeness (QED) is 0.823. The van der Waals surface area contributed by atoms with Gasteiger partial charge in [0, 0.05) is 14.0 Å². The van der Waals surface area contributed by atoms with Crippen LogP contribution in [0.3, 0.4) is 0 Å². The molecule has 0 saturated heterocycles. The summed E-state index contributed by atoms with van der Waals surface area (Å²) in [6, 6.07) is 0. The van der Waals surface area contributed by atoms with Crippen LogP contribution in [-0.2, 0) is 9.59 Å². The molecule has 1 aliphatic carbocycles. The summed E-state index contributed by atoms with van der Waals surface area (Å²) in [6.07, 6.45) is 3.10. The average molecular weight is 241 g/mol. The summed E-state index contributed by atoms with van der Waals surface area (Å²) >= 11 is 0. The normalized spacial score (nSPS) is 29.1. The zero-order valence-corrected chi connectivity index (χ0v) is 11.2.